The fraction of sp³-hybridized carbons (Fsp3) is 0.500. The smallest absolute Gasteiger partial charge is 0.244 e. The Morgan fingerprint density at radius 1 is 1.18 bits per heavy atom. The number of fused-ring (bicyclic) bond motifs is 1. The van der Waals surface area contributed by atoms with Crippen LogP contribution in [0.2, 0.25) is 0 Å². The van der Waals surface area contributed by atoms with E-state index in [0.29, 0.717) is 18.1 Å². The number of carbonyl (C=O) groups excluding carboxylic acids is 1. The molecule has 1 aromatic heterocycles. The SMILES string of the molecule is CCCCCNCc1cccc(CN2CC(=O)Nc3c(N)nc(NCCS(C)(=O)=O)nc32)c1. The summed E-state index contributed by atoms with van der Waals surface area (Å²) in [6.45, 7) is 4.74. The largest absolute Gasteiger partial charge is 0.382 e. The third-order valence-corrected chi connectivity index (χ3v) is 6.17. The summed E-state index contributed by atoms with van der Waals surface area (Å²) in [5.74, 6) is 0.620. The lowest BCUT2D eigenvalue weighted by Crippen LogP contribution is -2.39. The number of hydrogen-bond donors (Lipinski definition) is 4. The van der Waals surface area contributed by atoms with E-state index in [0.717, 1.165) is 25.1 Å². The Kier molecular flexibility index (Phi) is 8.45. The van der Waals surface area contributed by atoms with Gasteiger partial charge in [0.1, 0.15) is 15.5 Å². The van der Waals surface area contributed by atoms with E-state index < -0.39 is 9.84 Å². The summed E-state index contributed by atoms with van der Waals surface area (Å²) in [4.78, 5) is 22.8. The lowest BCUT2D eigenvalue weighted by Gasteiger charge is -2.30. The van der Waals surface area contributed by atoms with Crippen molar-refractivity contribution >= 4 is 39.0 Å². The monoisotopic (exact) mass is 475 g/mol. The third-order valence-electron chi connectivity index (χ3n) is 5.22. The number of aromatic nitrogens is 2. The third kappa shape index (κ3) is 7.57. The zero-order chi connectivity index (χ0) is 23.8. The van der Waals surface area contributed by atoms with E-state index in [4.69, 9.17) is 5.73 Å². The molecular formula is C22H33N7O3S. The van der Waals surface area contributed by atoms with Gasteiger partial charge in [-0.3, -0.25) is 4.79 Å². The molecule has 0 saturated carbocycles. The maximum Gasteiger partial charge on any atom is 0.244 e. The first-order chi connectivity index (χ1) is 15.7. The molecule has 0 aliphatic carbocycles. The average Bonchev–Trinajstić information content (AvgIpc) is 2.74. The number of nitrogens with one attached hydrogen (secondary N) is 3. The molecule has 0 bridgehead atoms. The molecule has 33 heavy (non-hydrogen) atoms. The Bertz CT molecular complexity index is 1080. The van der Waals surface area contributed by atoms with Gasteiger partial charge in [0.05, 0.1) is 12.3 Å². The van der Waals surface area contributed by atoms with Gasteiger partial charge in [-0.05, 0) is 24.1 Å². The van der Waals surface area contributed by atoms with Gasteiger partial charge in [-0.25, -0.2) is 8.42 Å². The average molecular weight is 476 g/mol. The first kappa shape index (κ1) is 24.7. The minimum atomic E-state index is -3.12. The minimum absolute atomic E-state index is 0.0485. The standard InChI is InChI=1S/C22H33N7O3S/c1-3-4-5-9-24-13-16-7-6-8-17(12-16)14-29-15-18(30)26-19-20(23)27-22(28-21(19)29)25-10-11-33(2,31)32/h6-8,12,24H,3-5,9-11,13-15H2,1-2H3,(H,26,30)(H3,23,25,27,28). The number of rotatable bonds is 12. The summed E-state index contributed by atoms with van der Waals surface area (Å²) < 4.78 is 22.8. The number of unbranched alkanes of at least 4 members (excludes halogenated alkanes) is 2. The number of sulfone groups is 1. The van der Waals surface area contributed by atoms with E-state index in [1.54, 1.807) is 0 Å². The maximum absolute atomic E-state index is 12.3. The van der Waals surface area contributed by atoms with E-state index >= 15 is 0 Å². The molecule has 5 N–H and O–H groups in total. The molecule has 1 aliphatic heterocycles. The highest BCUT2D eigenvalue weighted by Crippen LogP contribution is 2.33. The van der Waals surface area contributed by atoms with E-state index in [9.17, 15) is 13.2 Å². The summed E-state index contributed by atoms with van der Waals surface area (Å²) in [6, 6.07) is 8.23. The molecule has 2 heterocycles. The van der Waals surface area contributed by atoms with Crippen molar-refractivity contribution in [3.05, 3.63) is 35.4 Å². The van der Waals surface area contributed by atoms with Crippen molar-refractivity contribution < 1.29 is 13.2 Å². The number of benzene rings is 1. The van der Waals surface area contributed by atoms with Crippen molar-refractivity contribution in [2.45, 2.75) is 39.3 Å². The second kappa shape index (κ2) is 11.3. The number of anilines is 4. The lowest BCUT2D eigenvalue weighted by molar-refractivity contribution is -0.115. The molecule has 1 aromatic carbocycles. The Labute approximate surface area is 195 Å². The lowest BCUT2D eigenvalue weighted by atomic mass is 10.1. The van der Waals surface area contributed by atoms with Crippen LogP contribution in [0.5, 0.6) is 0 Å². The molecule has 0 unspecified atom stereocenters. The summed E-state index contributed by atoms with van der Waals surface area (Å²) in [5.41, 5.74) is 8.67. The quantitative estimate of drug-likeness (QED) is 0.338. The molecule has 0 fully saturated rings. The highest BCUT2D eigenvalue weighted by molar-refractivity contribution is 7.90. The second-order valence-electron chi connectivity index (χ2n) is 8.30. The van der Waals surface area contributed by atoms with Crippen LogP contribution in [0.15, 0.2) is 24.3 Å². The topological polar surface area (TPSA) is 142 Å². The summed E-state index contributed by atoms with van der Waals surface area (Å²) in [5, 5.41) is 9.12. The number of hydrogen-bond acceptors (Lipinski definition) is 9. The van der Waals surface area contributed by atoms with Gasteiger partial charge in [0.25, 0.3) is 0 Å². The Hall–Kier alpha value is -2.92. The van der Waals surface area contributed by atoms with Crippen molar-refractivity contribution in [1.29, 1.82) is 0 Å². The van der Waals surface area contributed by atoms with Gasteiger partial charge in [0, 0.05) is 25.9 Å². The Morgan fingerprint density at radius 2 is 1.97 bits per heavy atom. The van der Waals surface area contributed by atoms with Crippen molar-refractivity contribution in [1.82, 2.24) is 15.3 Å². The van der Waals surface area contributed by atoms with Crippen molar-refractivity contribution in [3.63, 3.8) is 0 Å². The molecule has 180 valence electrons. The highest BCUT2D eigenvalue weighted by Gasteiger charge is 2.27. The Balaban J connectivity index is 1.73. The zero-order valence-electron chi connectivity index (χ0n) is 19.2. The summed E-state index contributed by atoms with van der Waals surface area (Å²) >= 11 is 0. The fourth-order valence-electron chi connectivity index (χ4n) is 3.59. The van der Waals surface area contributed by atoms with Crippen LogP contribution in [-0.4, -0.2) is 55.9 Å². The van der Waals surface area contributed by atoms with Crippen LogP contribution in [0, 0.1) is 0 Å². The molecule has 0 atom stereocenters. The predicted octanol–water partition coefficient (Wildman–Crippen LogP) is 1.75. The van der Waals surface area contributed by atoms with Gasteiger partial charge in [0.15, 0.2) is 11.6 Å². The molecule has 1 amide bonds. The van der Waals surface area contributed by atoms with Gasteiger partial charge in [-0.2, -0.15) is 9.97 Å². The fourth-order valence-corrected chi connectivity index (χ4v) is 4.06. The van der Waals surface area contributed by atoms with Crippen LogP contribution < -0.4 is 26.6 Å². The second-order valence-corrected chi connectivity index (χ2v) is 10.6. The Morgan fingerprint density at radius 3 is 2.73 bits per heavy atom. The molecule has 11 heteroatoms. The maximum atomic E-state index is 12.3. The van der Waals surface area contributed by atoms with Crippen LogP contribution in [0.1, 0.15) is 37.3 Å². The minimum Gasteiger partial charge on any atom is -0.382 e. The van der Waals surface area contributed by atoms with Gasteiger partial charge in [-0.1, -0.05) is 44.0 Å². The van der Waals surface area contributed by atoms with E-state index in [1.807, 2.05) is 17.0 Å². The molecule has 2 aromatic rings. The molecule has 0 saturated heterocycles. The number of nitrogens with zero attached hydrogens (tertiary/aromatic N) is 3. The number of carbonyl (C=O) groups is 1. The number of amides is 1. The molecule has 0 radical (unpaired) electrons. The van der Waals surface area contributed by atoms with Gasteiger partial charge in [0.2, 0.25) is 11.9 Å². The van der Waals surface area contributed by atoms with Crippen LogP contribution >= 0.6 is 0 Å². The normalized spacial score (nSPS) is 13.5. The van der Waals surface area contributed by atoms with Crippen molar-refractivity contribution in [2.75, 3.05) is 52.9 Å². The molecule has 0 spiro atoms. The van der Waals surface area contributed by atoms with Crippen molar-refractivity contribution in [3.8, 4) is 0 Å². The van der Waals surface area contributed by atoms with Gasteiger partial charge >= 0.3 is 0 Å². The van der Waals surface area contributed by atoms with Crippen LogP contribution in [0.25, 0.3) is 0 Å². The number of nitrogen functional groups attached to an aromatic ring is 1. The van der Waals surface area contributed by atoms with Crippen molar-refractivity contribution in [2.24, 2.45) is 0 Å². The molecular weight excluding hydrogens is 442 g/mol. The van der Waals surface area contributed by atoms with Gasteiger partial charge < -0.3 is 26.6 Å². The van der Waals surface area contributed by atoms with E-state index in [-0.39, 0.29) is 36.5 Å². The molecule has 10 nitrogen and oxygen atoms in total. The molecule has 1 aliphatic rings. The first-order valence-corrected chi connectivity index (χ1v) is 13.2. The van der Waals surface area contributed by atoms with E-state index in [1.165, 1.54) is 24.7 Å². The van der Waals surface area contributed by atoms with Crippen LogP contribution in [0.3, 0.4) is 0 Å². The summed E-state index contributed by atoms with van der Waals surface area (Å²) in [7, 11) is -3.12. The summed E-state index contributed by atoms with van der Waals surface area (Å²) in [6.07, 6.45) is 4.75. The van der Waals surface area contributed by atoms with Crippen LogP contribution in [-0.2, 0) is 27.7 Å². The number of nitrogens with two attached hydrogens (primary N) is 1. The first-order valence-electron chi connectivity index (χ1n) is 11.2. The predicted molar refractivity (Wildman–Crippen MR) is 132 cm³/mol. The van der Waals surface area contributed by atoms with Gasteiger partial charge in [-0.15, -0.1) is 0 Å². The highest BCUT2D eigenvalue weighted by atomic mass is 32.2. The van der Waals surface area contributed by atoms with Crippen LogP contribution in [0.4, 0.5) is 23.3 Å². The zero-order valence-corrected chi connectivity index (χ0v) is 20.0. The molecule has 3 rings (SSSR count). The van der Waals surface area contributed by atoms with E-state index in [2.05, 4.69) is 45.0 Å².